The second-order valence-electron chi connectivity index (χ2n) is 9.63. The summed E-state index contributed by atoms with van der Waals surface area (Å²) in [5.74, 6) is 0.470. The molecule has 2 unspecified atom stereocenters. The summed E-state index contributed by atoms with van der Waals surface area (Å²) < 4.78 is 6.17. The van der Waals surface area contributed by atoms with Crippen LogP contribution < -0.4 is 5.32 Å². The number of aromatic nitrogens is 1. The molecule has 0 saturated carbocycles. The molecule has 35 heavy (non-hydrogen) atoms. The maximum absolute atomic E-state index is 13.4. The Labute approximate surface area is 212 Å². The number of amides is 1. The lowest BCUT2D eigenvalue weighted by molar-refractivity contribution is 0.0463. The molecule has 1 aromatic heterocycles. The summed E-state index contributed by atoms with van der Waals surface area (Å²) in [5.41, 5.74) is 4.90. The van der Waals surface area contributed by atoms with Crippen LogP contribution in [0.15, 0.2) is 77.2 Å². The summed E-state index contributed by atoms with van der Waals surface area (Å²) >= 11 is 0. The minimum Gasteiger partial charge on any atom is -0.436 e. The SMILES string of the molecule is CN1C2CCCC1CC(NC(=O)c1cccc3oc(-c4ccccc4-c4ccccc4)nc13)C2.Cl. The molecule has 4 aromatic rings. The first-order chi connectivity index (χ1) is 16.7. The van der Waals surface area contributed by atoms with Crippen molar-refractivity contribution in [3.63, 3.8) is 0 Å². The van der Waals surface area contributed by atoms with Crippen molar-refractivity contribution in [3.8, 4) is 22.6 Å². The number of nitrogens with zero attached hydrogens (tertiary/aromatic N) is 2. The lowest BCUT2D eigenvalue weighted by atomic mass is 9.82. The fraction of sp³-hybridized carbons (Fsp3) is 0.310. The molecule has 2 atom stereocenters. The van der Waals surface area contributed by atoms with Gasteiger partial charge in [-0.15, -0.1) is 12.4 Å². The topological polar surface area (TPSA) is 58.4 Å². The number of nitrogens with one attached hydrogen (secondary N) is 1. The van der Waals surface area contributed by atoms with Gasteiger partial charge < -0.3 is 14.6 Å². The van der Waals surface area contributed by atoms with E-state index in [2.05, 4.69) is 35.5 Å². The highest BCUT2D eigenvalue weighted by Crippen LogP contribution is 2.35. The first-order valence-electron chi connectivity index (χ1n) is 12.2. The van der Waals surface area contributed by atoms with Crippen molar-refractivity contribution in [2.75, 3.05) is 7.05 Å². The zero-order valence-electron chi connectivity index (χ0n) is 19.8. The third-order valence-corrected chi connectivity index (χ3v) is 7.58. The fourth-order valence-corrected chi connectivity index (χ4v) is 5.78. The Morgan fingerprint density at radius 2 is 1.60 bits per heavy atom. The molecule has 0 spiro atoms. The number of hydrogen-bond donors (Lipinski definition) is 1. The van der Waals surface area contributed by atoms with Gasteiger partial charge in [-0.25, -0.2) is 4.98 Å². The normalized spacial score (nSPS) is 21.9. The first kappa shape index (κ1) is 23.6. The van der Waals surface area contributed by atoms with Crippen LogP contribution in [-0.4, -0.2) is 41.0 Å². The molecular weight excluding hydrogens is 458 g/mol. The third kappa shape index (κ3) is 4.46. The van der Waals surface area contributed by atoms with Gasteiger partial charge in [-0.1, -0.05) is 61.0 Å². The molecule has 2 saturated heterocycles. The van der Waals surface area contributed by atoms with Crippen molar-refractivity contribution in [3.05, 3.63) is 78.4 Å². The monoisotopic (exact) mass is 487 g/mol. The summed E-state index contributed by atoms with van der Waals surface area (Å²) in [6.45, 7) is 0. The van der Waals surface area contributed by atoms with Gasteiger partial charge in [-0.05, 0) is 62.1 Å². The van der Waals surface area contributed by atoms with Crippen LogP contribution in [0.1, 0.15) is 42.5 Å². The maximum atomic E-state index is 13.4. The predicted molar refractivity (Wildman–Crippen MR) is 142 cm³/mol. The predicted octanol–water partition coefficient (Wildman–Crippen LogP) is 6.33. The summed E-state index contributed by atoms with van der Waals surface area (Å²) in [6.07, 6.45) is 5.78. The molecule has 1 amide bonds. The Morgan fingerprint density at radius 3 is 2.34 bits per heavy atom. The van der Waals surface area contributed by atoms with Gasteiger partial charge in [-0.2, -0.15) is 0 Å². The first-order valence-corrected chi connectivity index (χ1v) is 12.2. The summed E-state index contributed by atoms with van der Waals surface area (Å²) in [7, 11) is 2.23. The maximum Gasteiger partial charge on any atom is 0.253 e. The molecule has 5 nitrogen and oxygen atoms in total. The van der Waals surface area contributed by atoms with Crippen molar-refractivity contribution in [2.24, 2.45) is 0 Å². The number of carbonyl (C=O) groups is 1. The number of benzene rings is 3. The number of rotatable bonds is 4. The van der Waals surface area contributed by atoms with Crippen LogP contribution in [0.25, 0.3) is 33.7 Å². The molecule has 3 heterocycles. The standard InChI is InChI=1S/C29H29N3O2.ClH/c1-32-21-11-7-12-22(32)18-20(17-21)30-28(33)25-15-8-16-26-27(25)31-29(34-26)24-14-6-5-13-23(24)19-9-3-2-4-10-19;/h2-6,8-10,13-16,20-22H,7,11-12,17-18H2,1H3,(H,30,33);1H. The van der Waals surface area contributed by atoms with E-state index in [0.717, 1.165) is 29.5 Å². The van der Waals surface area contributed by atoms with Crippen molar-refractivity contribution in [1.82, 2.24) is 15.2 Å². The molecule has 6 heteroatoms. The Balaban J connectivity index is 0.00000253. The molecule has 0 radical (unpaired) electrons. The number of fused-ring (bicyclic) bond motifs is 3. The van der Waals surface area contributed by atoms with Gasteiger partial charge in [0.2, 0.25) is 5.89 Å². The lowest BCUT2D eigenvalue weighted by Crippen LogP contribution is -2.55. The van der Waals surface area contributed by atoms with Gasteiger partial charge in [0.05, 0.1) is 5.56 Å². The van der Waals surface area contributed by atoms with Gasteiger partial charge in [0.15, 0.2) is 5.58 Å². The zero-order valence-corrected chi connectivity index (χ0v) is 20.6. The van der Waals surface area contributed by atoms with E-state index in [0.29, 0.717) is 34.6 Å². The molecule has 2 fully saturated rings. The van der Waals surface area contributed by atoms with Crippen LogP contribution in [0.3, 0.4) is 0 Å². The van der Waals surface area contributed by atoms with Crippen LogP contribution in [0, 0.1) is 0 Å². The van der Waals surface area contributed by atoms with Crippen molar-refractivity contribution in [1.29, 1.82) is 0 Å². The van der Waals surface area contributed by atoms with Crippen LogP contribution >= 0.6 is 12.4 Å². The van der Waals surface area contributed by atoms with E-state index < -0.39 is 0 Å². The minimum atomic E-state index is -0.0607. The van der Waals surface area contributed by atoms with Gasteiger partial charge in [0.25, 0.3) is 5.91 Å². The van der Waals surface area contributed by atoms with E-state index in [1.807, 2.05) is 54.6 Å². The molecule has 2 aliphatic heterocycles. The third-order valence-electron chi connectivity index (χ3n) is 7.58. The van der Waals surface area contributed by atoms with Gasteiger partial charge in [0, 0.05) is 23.7 Å². The van der Waals surface area contributed by atoms with Crippen molar-refractivity contribution in [2.45, 2.75) is 50.2 Å². The molecule has 2 aliphatic rings. The van der Waals surface area contributed by atoms with E-state index in [1.54, 1.807) is 0 Å². The number of halogens is 1. The van der Waals surface area contributed by atoms with E-state index >= 15 is 0 Å². The Morgan fingerprint density at radius 1 is 0.914 bits per heavy atom. The number of hydrogen-bond acceptors (Lipinski definition) is 4. The van der Waals surface area contributed by atoms with Crippen LogP contribution in [0.2, 0.25) is 0 Å². The van der Waals surface area contributed by atoms with Gasteiger partial charge in [-0.3, -0.25) is 4.79 Å². The highest BCUT2D eigenvalue weighted by molar-refractivity contribution is 6.05. The van der Waals surface area contributed by atoms with Crippen LogP contribution in [-0.2, 0) is 0 Å². The number of carbonyl (C=O) groups excluding carboxylic acids is 1. The molecular formula is C29H30ClN3O2. The smallest absolute Gasteiger partial charge is 0.253 e. The Kier molecular flexibility index (Phi) is 6.63. The lowest BCUT2D eigenvalue weighted by Gasteiger charge is -2.47. The van der Waals surface area contributed by atoms with E-state index in [9.17, 15) is 4.79 Å². The Hall–Kier alpha value is -3.15. The number of oxazole rings is 1. The zero-order chi connectivity index (χ0) is 23.1. The van der Waals surface area contributed by atoms with Crippen molar-refractivity contribution >= 4 is 29.4 Å². The van der Waals surface area contributed by atoms with E-state index in [1.165, 1.54) is 19.3 Å². The quantitative estimate of drug-likeness (QED) is 0.365. The largest absolute Gasteiger partial charge is 0.436 e. The van der Waals surface area contributed by atoms with Gasteiger partial charge in [0.1, 0.15) is 5.52 Å². The molecule has 1 N–H and O–H groups in total. The van der Waals surface area contributed by atoms with E-state index in [4.69, 9.17) is 9.40 Å². The second kappa shape index (κ2) is 9.84. The number of para-hydroxylation sites is 1. The molecule has 0 aliphatic carbocycles. The molecule has 6 rings (SSSR count). The molecule has 3 aromatic carbocycles. The fourth-order valence-electron chi connectivity index (χ4n) is 5.78. The molecule has 180 valence electrons. The highest BCUT2D eigenvalue weighted by atomic mass is 35.5. The average Bonchev–Trinajstić information content (AvgIpc) is 3.29. The summed E-state index contributed by atoms with van der Waals surface area (Å²) in [6, 6.07) is 25.3. The van der Waals surface area contributed by atoms with E-state index in [-0.39, 0.29) is 24.4 Å². The second-order valence-corrected chi connectivity index (χ2v) is 9.63. The summed E-state index contributed by atoms with van der Waals surface area (Å²) in [4.78, 5) is 20.7. The van der Waals surface area contributed by atoms with Crippen LogP contribution in [0.4, 0.5) is 0 Å². The Bertz CT molecular complexity index is 1320. The summed E-state index contributed by atoms with van der Waals surface area (Å²) in [5, 5.41) is 3.32. The average molecular weight is 488 g/mol. The van der Waals surface area contributed by atoms with Crippen LogP contribution in [0.5, 0.6) is 0 Å². The highest BCUT2D eigenvalue weighted by Gasteiger charge is 2.36. The van der Waals surface area contributed by atoms with Gasteiger partial charge >= 0.3 is 0 Å². The molecule has 2 bridgehead atoms. The minimum absolute atomic E-state index is 0. The number of piperidine rings is 2. The van der Waals surface area contributed by atoms with Crippen molar-refractivity contribution < 1.29 is 9.21 Å².